The van der Waals surface area contributed by atoms with Crippen LogP contribution in [0.15, 0.2) is 83.3 Å². The number of piperidine rings is 1. The number of aromatic nitrogens is 1. The van der Waals surface area contributed by atoms with E-state index in [1.807, 2.05) is 0 Å². The van der Waals surface area contributed by atoms with Gasteiger partial charge in [0, 0.05) is 38.3 Å². The highest BCUT2D eigenvalue weighted by Gasteiger charge is 2.45. The first kappa shape index (κ1) is 42.8. The van der Waals surface area contributed by atoms with Crippen LogP contribution in [0.1, 0.15) is 78.7 Å². The number of alkyl carbamates (subject to hydrolysis) is 1. The molecule has 0 saturated carbocycles. The van der Waals surface area contributed by atoms with Gasteiger partial charge in [-0.05, 0) is 68.0 Å². The predicted octanol–water partition coefficient (Wildman–Crippen LogP) is 6.86. The number of amides is 3. The summed E-state index contributed by atoms with van der Waals surface area (Å²) in [6.45, 7) is 0.839. The van der Waals surface area contributed by atoms with E-state index < -0.39 is 71.9 Å². The number of hydrogen-bond donors (Lipinski definition) is 2. The summed E-state index contributed by atoms with van der Waals surface area (Å²) < 4.78 is 59.6. The molecule has 314 valence electrons. The average molecular weight is 820 g/mol. The van der Waals surface area contributed by atoms with Crippen molar-refractivity contribution in [1.82, 2.24) is 20.1 Å². The molecule has 0 spiro atoms. The third kappa shape index (κ3) is 11.2. The Kier molecular flexibility index (Phi) is 14.4. The number of nitrogens with one attached hydrogen (secondary N) is 1. The van der Waals surface area contributed by atoms with Gasteiger partial charge in [0.2, 0.25) is 11.7 Å². The minimum absolute atomic E-state index is 0.138. The number of ketones is 2. The number of alkyl halides is 3. The normalized spacial score (nSPS) is 18.0. The molecule has 1 aromatic heterocycles. The molecule has 13 nitrogen and oxygen atoms in total. The first-order valence-corrected chi connectivity index (χ1v) is 19.9. The number of hydrogen-bond acceptors (Lipinski definition) is 10. The largest absolute Gasteiger partial charge is 0.445 e. The number of fused-ring (bicyclic) bond motifs is 1. The van der Waals surface area contributed by atoms with Crippen molar-refractivity contribution in [3.8, 4) is 0 Å². The zero-order valence-electron chi connectivity index (χ0n) is 32.5. The second kappa shape index (κ2) is 19.8. The van der Waals surface area contributed by atoms with Crippen molar-refractivity contribution >= 4 is 40.8 Å². The zero-order valence-corrected chi connectivity index (χ0v) is 32.5. The number of nitrogens with two attached hydrogens (primary N) is 1. The van der Waals surface area contributed by atoms with Crippen LogP contribution >= 0.6 is 0 Å². The highest BCUT2D eigenvalue weighted by atomic mass is 19.4. The van der Waals surface area contributed by atoms with Gasteiger partial charge in [-0.1, -0.05) is 67.1 Å². The van der Waals surface area contributed by atoms with Crippen LogP contribution in [0.5, 0.6) is 0 Å². The van der Waals surface area contributed by atoms with E-state index >= 15 is 0 Å². The molecule has 2 aliphatic heterocycles. The van der Waals surface area contributed by atoms with Crippen LogP contribution < -0.4 is 11.1 Å². The van der Waals surface area contributed by atoms with Crippen LogP contribution in [0.3, 0.4) is 0 Å². The highest BCUT2D eigenvalue weighted by molar-refractivity contribution is 6.00. The van der Waals surface area contributed by atoms with Gasteiger partial charge in [-0.25, -0.2) is 14.6 Å². The van der Waals surface area contributed by atoms with E-state index in [1.165, 1.54) is 18.2 Å². The first-order chi connectivity index (χ1) is 28.4. The zero-order chi connectivity index (χ0) is 41.9. The molecule has 4 aromatic rings. The van der Waals surface area contributed by atoms with Crippen LogP contribution in [0, 0.1) is 5.92 Å². The lowest BCUT2D eigenvalue weighted by atomic mass is 9.89. The predicted molar refractivity (Wildman–Crippen MR) is 209 cm³/mol. The van der Waals surface area contributed by atoms with E-state index in [-0.39, 0.29) is 43.9 Å². The lowest BCUT2D eigenvalue weighted by molar-refractivity contribution is -0.140. The number of oxazole rings is 1. The number of unbranched alkanes of at least 4 members (excludes halogenated alkanes) is 1. The molecule has 3 aromatic carbocycles. The Morgan fingerprint density at radius 2 is 1.63 bits per heavy atom. The number of halogens is 3. The number of carbonyl (C=O) groups is 5. The molecule has 0 radical (unpaired) electrons. The average Bonchev–Trinajstić information content (AvgIpc) is 3.87. The second-order valence-corrected chi connectivity index (χ2v) is 14.9. The Morgan fingerprint density at radius 1 is 0.915 bits per heavy atom. The fourth-order valence-corrected chi connectivity index (χ4v) is 7.62. The Bertz CT molecular complexity index is 2050. The number of carbonyl (C=O) groups excluding carboxylic acids is 5. The van der Waals surface area contributed by atoms with E-state index in [0.29, 0.717) is 49.1 Å². The molecule has 6 rings (SSSR count). The molecule has 4 atom stereocenters. The van der Waals surface area contributed by atoms with Crippen molar-refractivity contribution in [2.24, 2.45) is 11.7 Å². The lowest BCUT2D eigenvalue weighted by Gasteiger charge is -2.29. The van der Waals surface area contributed by atoms with Gasteiger partial charge in [-0.15, -0.1) is 0 Å². The van der Waals surface area contributed by atoms with Gasteiger partial charge in [0.25, 0.3) is 5.89 Å². The molecule has 3 heterocycles. The van der Waals surface area contributed by atoms with E-state index in [2.05, 4.69) is 10.3 Å². The number of likely N-dealkylation sites (tertiary alicyclic amines) is 2. The maximum Gasteiger partial charge on any atom is 0.416 e. The van der Waals surface area contributed by atoms with Crippen molar-refractivity contribution in [2.75, 3.05) is 26.2 Å². The van der Waals surface area contributed by atoms with E-state index in [4.69, 9.17) is 19.6 Å². The maximum atomic E-state index is 14.7. The minimum atomic E-state index is -4.78. The second-order valence-electron chi connectivity index (χ2n) is 14.9. The molecule has 16 heteroatoms. The minimum Gasteiger partial charge on any atom is -0.445 e. The third-order valence-corrected chi connectivity index (χ3v) is 10.7. The molecule has 3 N–H and O–H groups in total. The summed E-state index contributed by atoms with van der Waals surface area (Å²) in [6.07, 6.45) is -4.68. The van der Waals surface area contributed by atoms with E-state index in [0.717, 1.165) is 30.2 Å². The summed E-state index contributed by atoms with van der Waals surface area (Å²) in [7, 11) is 0. The van der Waals surface area contributed by atoms with Gasteiger partial charge in [0.05, 0.1) is 18.2 Å². The summed E-state index contributed by atoms with van der Waals surface area (Å²) >= 11 is 0. The molecule has 3 amide bonds. The number of Topliss-reactive ketones (excluding diaryl/α,β-unsaturated/α-hetero) is 2. The van der Waals surface area contributed by atoms with E-state index in [9.17, 15) is 37.1 Å². The monoisotopic (exact) mass is 819 g/mol. The lowest BCUT2D eigenvalue weighted by Crippen LogP contribution is -2.53. The first-order valence-electron chi connectivity index (χ1n) is 19.9. The molecule has 0 bridgehead atoms. The van der Waals surface area contributed by atoms with Gasteiger partial charge < -0.3 is 34.7 Å². The van der Waals surface area contributed by atoms with Gasteiger partial charge in [-0.2, -0.15) is 13.2 Å². The Hall–Kier alpha value is -5.77. The summed E-state index contributed by atoms with van der Waals surface area (Å²) in [5.41, 5.74) is 5.94. The van der Waals surface area contributed by atoms with Gasteiger partial charge >= 0.3 is 18.4 Å². The van der Waals surface area contributed by atoms with Crippen LogP contribution in [0.2, 0.25) is 0 Å². The van der Waals surface area contributed by atoms with Crippen LogP contribution in [-0.4, -0.2) is 88.8 Å². The quantitative estimate of drug-likeness (QED) is 0.0898. The Labute approximate surface area is 339 Å². The summed E-state index contributed by atoms with van der Waals surface area (Å²) in [5.74, 6) is -3.04. The molecular formula is C43H48F3N5O8. The van der Waals surface area contributed by atoms with Crippen molar-refractivity contribution in [1.29, 1.82) is 0 Å². The van der Waals surface area contributed by atoms with Crippen molar-refractivity contribution in [3.63, 3.8) is 0 Å². The van der Waals surface area contributed by atoms with Gasteiger partial charge in [0.15, 0.2) is 11.4 Å². The number of rotatable bonds is 16. The third-order valence-electron chi connectivity index (χ3n) is 10.7. The van der Waals surface area contributed by atoms with Crippen molar-refractivity contribution < 1.29 is 51.0 Å². The molecule has 2 saturated heterocycles. The van der Waals surface area contributed by atoms with Gasteiger partial charge in [0.1, 0.15) is 24.3 Å². The van der Waals surface area contributed by atoms with Crippen molar-refractivity contribution in [2.45, 2.75) is 88.8 Å². The van der Waals surface area contributed by atoms with E-state index in [1.54, 1.807) is 59.5 Å². The van der Waals surface area contributed by atoms with Crippen LogP contribution in [0.4, 0.5) is 22.8 Å². The molecular weight excluding hydrogens is 771 g/mol. The molecule has 0 aliphatic carbocycles. The van der Waals surface area contributed by atoms with Crippen molar-refractivity contribution in [3.05, 3.63) is 101 Å². The molecule has 59 heavy (non-hydrogen) atoms. The Balaban J connectivity index is 1.29. The summed E-state index contributed by atoms with van der Waals surface area (Å²) in [4.78, 5) is 76.6. The summed E-state index contributed by atoms with van der Waals surface area (Å²) in [5, 5.41) is 2.45. The van der Waals surface area contributed by atoms with Gasteiger partial charge in [-0.3, -0.25) is 14.4 Å². The molecule has 2 fully saturated rings. The highest BCUT2D eigenvalue weighted by Crippen LogP contribution is 2.34. The fraction of sp³-hybridized carbons (Fsp3) is 0.442. The molecule has 2 aliphatic rings. The number of benzene rings is 3. The number of para-hydroxylation sites is 2. The smallest absolute Gasteiger partial charge is 0.416 e. The standard InChI is InChI=1S/C43H48F3N5O8/c44-43(45,46)32-17-6-5-15-29(32)23-34(49-41(55)57-27-28-13-3-1-4-14-28)40(54)51-26-31(58-42(56)50-21-11-2-12-22-50)25-35(51)36(52)24-30(16-9-10-20-47)38(53)39-48-33-18-7-8-19-37(33)59-39/h1,3-8,13-15,17-19,30-31,34-35H,2,9-12,16,20-27,47H2,(H,49,55)/t30-,31-,34-,35+/m1/s1. The Morgan fingerprint density at radius 3 is 2.36 bits per heavy atom. The number of ether oxygens (including phenoxy) is 2. The fourth-order valence-electron chi connectivity index (χ4n) is 7.62. The maximum absolute atomic E-state index is 14.7. The topological polar surface area (TPSA) is 174 Å². The molecule has 0 unspecified atom stereocenters. The van der Waals surface area contributed by atoms with Crippen LogP contribution in [0.25, 0.3) is 11.1 Å². The van der Waals surface area contributed by atoms with Crippen LogP contribution in [-0.2, 0) is 38.3 Å². The summed E-state index contributed by atoms with van der Waals surface area (Å²) in [6, 6.07) is 17.3. The SMILES string of the molecule is NCCCC[C@H](CC(=O)[C@@H]1C[C@@H](OC(=O)N2CCCCC2)CN1C(=O)[C@@H](Cc1ccccc1C(F)(F)F)NC(=O)OCc1ccccc1)C(=O)c1nc2ccccc2o1. The number of nitrogens with zero attached hydrogens (tertiary/aromatic N) is 3.